The predicted octanol–water partition coefficient (Wildman–Crippen LogP) is 2.24. The number of benzene rings is 1. The van der Waals surface area contributed by atoms with Gasteiger partial charge < -0.3 is 14.7 Å². The highest BCUT2D eigenvalue weighted by molar-refractivity contribution is 9.10. The molecule has 7 nitrogen and oxygen atoms in total. The van der Waals surface area contributed by atoms with Crippen LogP contribution in [0.5, 0.6) is 0 Å². The molecular weight excluding hydrogens is 448 g/mol. The van der Waals surface area contributed by atoms with Crippen LogP contribution in [0.15, 0.2) is 33.6 Å². The molecule has 0 saturated heterocycles. The minimum atomic E-state index is -3.51. The molecule has 1 aliphatic rings. The number of halogens is 1. The van der Waals surface area contributed by atoms with E-state index in [2.05, 4.69) is 15.9 Å². The Morgan fingerprint density at radius 3 is 2.36 bits per heavy atom. The molecule has 2 rings (SSSR count). The molecule has 0 heterocycles. The average Bonchev–Trinajstić information content (AvgIpc) is 2.68. The summed E-state index contributed by atoms with van der Waals surface area (Å²) in [6, 6.07) is 6.62. The Kier molecular flexibility index (Phi) is 8.88. The van der Waals surface area contributed by atoms with Gasteiger partial charge in [-0.2, -0.15) is 4.31 Å². The lowest BCUT2D eigenvalue weighted by atomic mass is 9.93. The summed E-state index contributed by atoms with van der Waals surface area (Å²) < 4.78 is 33.7. The summed E-state index contributed by atoms with van der Waals surface area (Å²) in [7, 11) is -0.219. The maximum absolute atomic E-state index is 12.8. The first-order valence-corrected chi connectivity index (χ1v) is 11.7. The van der Waals surface area contributed by atoms with E-state index in [1.54, 1.807) is 38.4 Å². The van der Waals surface area contributed by atoms with Gasteiger partial charge in [-0.25, -0.2) is 8.42 Å². The van der Waals surface area contributed by atoms with Gasteiger partial charge >= 0.3 is 0 Å². The monoisotopic (exact) mass is 476 g/mol. The molecule has 0 atom stereocenters. The van der Waals surface area contributed by atoms with Crippen molar-refractivity contribution >= 4 is 31.9 Å². The Balaban J connectivity index is 1.80. The second-order valence-corrected chi connectivity index (χ2v) is 9.98. The zero-order valence-corrected chi connectivity index (χ0v) is 18.8. The van der Waals surface area contributed by atoms with Crippen LogP contribution in [-0.2, 0) is 19.6 Å². The van der Waals surface area contributed by atoms with Crippen LogP contribution in [0.3, 0.4) is 0 Å². The summed E-state index contributed by atoms with van der Waals surface area (Å²) in [5, 5.41) is 8.85. The second-order valence-electron chi connectivity index (χ2n) is 7.07. The molecular formula is C19H29BrN2O5S. The second kappa shape index (κ2) is 10.7. The fourth-order valence-electron chi connectivity index (χ4n) is 3.32. The number of amides is 1. The third kappa shape index (κ3) is 6.25. The molecule has 1 aromatic rings. The van der Waals surface area contributed by atoms with Crippen LogP contribution in [0.2, 0.25) is 0 Å². The van der Waals surface area contributed by atoms with Crippen molar-refractivity contribution in [1.29, 1.82) is 0 Å². The van der Waals surface area contributed by atoms with E-state index in [4.69, 9.17) is 9.84 Å². The molecule has 1 aliphatic carbocycles. The quantitative estimate of drug-likeness (QED) is 0.590. The Bertz CT molecular complexity index is 733. The van der Waals surface area contributed by atoms with Gasteiger partial charge in [-0.3, -0.25) is 4.79 Å². The highest BCUT2D eigenvalue weighted by Crippen LogP contribution is 2.28. The molecule has 0 aliphatic heterocycles. The van der Waals surface area contributed by atoms with Gasteiger partial charge in [-0.1, -0.05) is 15.9 Å². The number of aliphatic hydroxyl groups excluding tert-OH is 1. The van der Waals surface area contributed by atoms with Crippen molar-refractivity contribution in [3.63, 3.8) is 0 Å². The van der Waals surface area contributed by atoms with Gasteiger partial charge in [0.25, 0.3) is 0 Å². The number of carbonyl (C=O) groups excluding carboxylic acids is 1. The topological polar surface area (TPSA) is 87.2 Å². The highest BCUT2D eigenvalue weighted by atomic mass is 79.9. The van der Waals surface area contributed by atoms with E-state index in [0.717, 1.165) is 30.2 Å². The number of likely N-dealkylation sites (N-methyl/N-ethyl adjacent to an activating group) is 1. The molecule has 1 N–H and O–H groups in total. The molecule has 0 unspecified atom stereocenters. The number of carbonyl (C=O) groups is 1. The number of nitrogens with zero attached hydrogens (tertiary/aromatic N) is 2. The number of ether oxygens (including phenoxy) is 1. The summed E-state index contributed by atoms with van der Waals surface area (Å²) in [6.07, 6.45) is 3.34. The fourth-order valence-corrected chi connectivity index (χ4v) is 5.00. The van der Waals surface area contributed by atoms with Crippen molar-refractivity contribution in [2.24, 2.45) is 0 Å². The van der Waals surface area contributed by atoms with Gasteiger partial charge in [-0.15, -0.1) is 0 Å². The van der Waals surface area contributed by atoms with Crippen LogP contribution in [0.25, 0.3) is 0 Å². The Hall–Kier alpha value is -1.00. The Labute approximate surface area is 175 Å². The predicted molar refractivity (Wildman–Crippen MR) is 110 cm³/mol. The van der Waals surface area contributed by atoms with E-state index in [9.17, 15) is 13.2 Å². The number of hydrogen-bond acceptors (Lipinski definition) is 5. The molecule has 0 bridgehead atoms. The van der Waals surface area contributed by atoms with E-state index in [1.807, 2.05) is 0 Å². The summed E-state index contributed by atoms with van der Waals surface area (Å²) in [5.74, 6) is -0.0527. The summed E-state index contributed by atoms with van der Waals surface area (Å²) in [6.45, 7) is 0.615. The lowest BCUT2D eigenvalue weighted by Crippen LogP contribution is -2.40. The average molecular weight is 477 g/mol. The van der Waals surface area contributed by atoms with Crippen LogP contribution >= 0.6 is 15.9 Å². The van der Waals surface area contributed by atoms with Gasteiger partial charge in [-0.05, 0) is 49.9 Å². The van der Waals surface area contributed by atoms with Crippen LogP contribution in [0.4, 0.5) is 0 Å². The van der Waals surface area contributed by atoms with Gasteiger partial charge in [0.2, 0.25) is 15.9 Å². The van der Waals surface area contributed by atoms with E-state index in [1.165, 1.54) is 9.21 Å². The fraction of sp³-hybridized carbons (Fsp3) is 0.632. The maximum Gasteiger partial charge on any atom is 0.243 e. The minimum Gasteiger partial charge on any atom is -0.395 e. The van der Waals surface area contributed by atoms with Crippen LogP contribution in [0.1, 0.15) is 32.1 Å². The van der Waals surface area contributed by atoms with Crippen LogP contribution in [-0.4, -0.2) is 74.6 Å². The van der Waals surface area contributed by atoms with Crippen molar-refractivity contribution in [3.05, 3.63) is 28.7 Å². The molecule has 1 saturated carbocycles. The van der Waals surface area contributed by atoms with Crippen molar-refractivity contribution < 1.29 is 23.1 Å². The van der Waals surface area contributed by atoms with Crippen molar-refractivity contribution in [2.75, 3.05) is 33.9 Å². The van der Waals surface area contributed by atoms with Crippen molar-refractivity contribution in [3.8, 4) is 0 Å². The van der Waals surface area contributed by atoms with Crippen molar-refractivity contribution in [1.82, 2.24) is 9.21 Å². The third-order valence-corrected chi connectivity index (χ3v) is 7.63. The van der Waals surface area contributed by atoms with E-state index in [0.29, 0.717) is 18.0 Å². The largest absolute Gasteiger partial charge is 0.395 e. The SMILES string of the molecule is CN(CCO)C(=O)CCO[C@H]1CC[C@H](N(C)S(=O)(=O)c2ccc(Br)cc2)CC1. The number of sulfonamides is 1. The van der Waals surface area contributed by atoms with Gasteiger partial charge in [0.05, 0.1) is 30.6 Å². The molecule has 0 spiro atoms. The summed E-state index contributed by atoms with van der Waals surface area (Å²) >= 11 is 3.32. The standard InChI is InChI=1S/C19H29BrN2O5S/c1-21(12-13-23)19(24)11-14-27-17-7-5-16(6-8-17)22(2)28(25,26)18-9-3-15(20)4-10-18/h3-4,9-10,16-17,23H,5-8,11-14H2,1-2H3/t16-,17-. The Morgan fingerprint density at radius 1 is 1.18 bits per heavy atom. The molecule has 0 radical (unpaired) electrons. The summed E-state index contributed by atoms with van der Waals surface area (Å²) in [4.78, 5) is 13.6. The smallest absolute Gasteiger partial charge is 0.243 e. The number of rotatable bonds is 9. The lowest BCUT2D eigenvalue weighted by Gasteiger charge is -2.34. The molecule has 158 valence electrons. The van der Waals surface area contributed by atoms with Gasteiger partial charge in [0, 0.05) is 31.2 Å². The molecule has 1 amide bonds. The lowest BCUT2D eigenvalue weighted by molar-refractivity contribution is -0.132. The number of aliphatic hydroxyl groups is 1. The molecule has 28 heavy (non-hydrogen) atoms. The van der Waals surface area contributed by atoms with E-state index in [-0.39, 0.29) is 31.1 Å². The zero-order chi connectivity index (χ0) is 20.7. The first kappa shape index (κ1) is 23.3. The normalized spacial score (nSPS) is 20.3. The molecule has 1 aromatic carbocycles. The molecule has 0 aromatic heterocycles. The first-order valence-electron chi connectivity index (χ1n) is 9.45. The van der Waals surface area contributed by atoms with Crippen LogP contribution < -0.4 is 0 Å². The van der Waals surface area contributed by atoms with E-state index < -0.39 is 10.0 Å². The van der Waals surface area contributed by atoms with E-state index >= 15 is 0 Å². The highest BCUT2D eigenvalue weighted by Gasteiger charge is 2.31. The molecule has 9 heteroatoms. The first-order chi connectivity index (χ1) is 13.3. The number of hydrogen-bond donors (Lipinski definition) is 1. The van der Waals surface area contributed by atoms with Crippen molar-refractivity contribution in [2.45, 2.75) is 49.1 Å². The maximum atomic E-state index is 12.8. The van der Waals surface area contributed by atoms with Crippen LogP contribution in [0, 0.1) is 0 Å². The molecule has 1 fully saturated rings. The third-order valence-electron chi connectivity index (χ3n) is 5.18. The van der Waals surface area contributed by atoms with Gasteiger partial charge in [0.15, 0.2) is 0 Å². The summed E-state index contributed by atoms with van der Waals surface area (Å²) in [5.41, 5.74) is 0. The Morgan fingerprint density at radius 2 is 1.79 bits per heavy atom. The minimum absolute atomic E-state index is 0.0502. The zero-order valence-electron chi connectivity index (χ0n) is 16.4. The van der Waals surface area contributed by atoms with Gasteiger partial charge in [0.1, 0.15) is 0 Å².